The lowest BCUT2D eigenvalue weighted by Gasteiger charge is -2.11. The van der Waals surface area contributed by atoms with Gasteiger partial charge >= 0.3 is 5.69 Å². The predicted octanol–water partition coefficient (Wildman–Crippen LogP) is 1.75. The number of carbonyl (C=O) groups excluding carboxylic acids is 1. The van der Waals surface area contributed by atoms with Crippen LogP contribution in [-0.4, -0.2) is 14.9 Å². The van der Waals surface area contributed by atoms with Crippen molar-refractivity contribution in [3.05, 3.63) is 67.7 Å². The molecule has 2 aromatic rings. The van der Waals surface area contributed by atoms with Crippen molar-refractivity contribution in [2.24, 2.45) is 7.05 Å². The van der Waals surface area contributed by atoms with Gasteiger partial charge in [0.25, 0.3) is 5.56 Å². The standard InChI is InChI=1S/C17H16FN3O3/c1-3-7-21-15-13(16(23)20(2)17(21)24)14(22)12(19-15)9-10-5-4-6-11(18)8-10/h4-6,8-9,19H,3,7H2,1-2H3/b12-9-. The van der Waals surface area contributed by atoms with Crippen LogP contribution in [0.2, 0.25) is 0 Å². The number of hydrogen-bond acceptors (Lipinski definition) is 4. The molecule has 0 unspecified atom stereocenters. The minimum Gasteiger partial charge on any atom is -0.338 e. The van der Waals surface area contributed by atoms with Gasteiger partial charge in [0.2, 0.25) is 5.78 Å². The number of anilines is 1. The van der Waals surface area contributed by atoms with Crippen LogP contribution < -0.4 is 16.6 Å². The summed E-state index contributed by atoms with van der Waals surface area (Å²) in [5.41, 5.74) is -0.549. The number of Topliss-reactive ketones (excluding diaryl/α,β-unsaturated/α-hetero) is 1. The van der Waals surface area contributed by atoms with Crippen LogP contribution in [0.15, 0.2) is 39.6 Å². The summed E-state index contributed by atoms with van der Waals surface area (Å²) in [6.45, 7) is 2.27. The molecule has 2 heterocycles. The van der Waals surface area contributed by atoms with Gasteiger partial charge in [-0.25, -0.2) is 9.18 Å². The van der Waals surface area contributed by atoms with E-state index in [9.17, 15) is 18.8 Å². The Morgan fingerprint density at radius 1 is 1.25 bits per heavy atom. The zero-order valence-corrected chi connectivity index (χ0v) is 13.3. The second-order valence-electron chi connectivity index (χ2n) is 5.59. The van der Waals surface area contributed by atoms with E-state index in [0.29, 0.717) is 18.5 Å². The lowest BCUT2D eigenvalue weighted by atomic mass is 10.1. The molecule has 124 valence electrons. The maximum absolute atomic E-state index is 13.3. The molecule has 1 aliphatic heterocycles. The molecule has 0 saturated carbocycles. The molecule has 0 bridgehead atoms. The van der Waals surface area contributed by atoms with Crippen LogP contribution in [0.1, 0.15) is 29.3 Å². The molecule has 7 heteroatoms. The average molecular weight is 329 g/mol. The summed E-state index contributed by atoms with van der Waals surface area (Å²) >= 11 is 0. The van der Waals surface area contributed by atoms with Crippen molar-refractivity contribution >= 4 is 17.7 Å². The molecule has 1 aromatic heterocycles. The fraction of sp³-hybridized carbons (Fsp3) is 0.235. The van der Waals surface area contributed by atoms with Crippen molar-refractivity contribution in [1.82, 2.24) is 9.13 Å². The van der Waals surface area contributed by atoms with Gasteiger partial charge in [-0.1, -0.05) is 19.1 Å². The summed E-state index contributed by atoms with van der Waals surface area (Å²) in [4.78, 5) is 37.1. The number of rotatable bonds is 3. The molecule has 0 spiro atoms. The maximum Gasteiger partial charge on any atom is 0.332 e. The summed E-state index contributed by atoms with van der Waals surface area (Å²) in [6, 6.07) is 5.75. The van der Waals surface area contributed by atoms with Crippen LogP contribution in [0.25, 0.3) is 6.08 Å². The van der Waals surface area contributed by atoms with Crippen LogP contribution in [0.4, 0.5) is 10.2 Å². The first-order chi connectivity index (χ1) is 11.4. The molecule has 3 rings (SSSR count). The largest absolute Gasteiger partial charge is 0.338 e. The van der Waals surface area contributed by atoms with E-state index in [4.69, 9.17) is 0 Å². The summed E-state index contributed by atoms with van der Waals surface area (Å²) in [5, 5.41) is 2.85. The van der Waals surface area contributed by atoms with E-state index in [0.717, 1.165) is 4.57 Å². The first-order valence-corrected chi connectivity index (χ1v) is 7.57. The van der Waals surface area contributed by atoms with Crippen LogP contribution >= 0.6 is 0 Å². The Kier molecular flexibility index (Phi) is 3.92. The third kappa shape index (κ3) is 2.47. The smallest absolute Gasteiger partial charge is 0.332 e. The number of aromatic nitrogens is 2. The average Bonchev–Trinajstić information content (AvgIpc) is 2.86. The molecule has 0 fully saturated rings. The number of halogens is 1. The van der Waals surface area contributed by atoms with Crippen LogP contribution in [0.5, 0.6) is 0 Å². The first kappa shape index (κ1) is 15.9. The lowest BCUT2D eigenvalue weighted by molar-refractivity contribution is 0.104. The van der Waals surface area contributed by atoms with Crippen LogP contribution in [-0.2, 0) is 13.6 Å². The van der Waals surface area contributed by atoms with Gasteiger partial charge in [-0.15, -0.1) is 0 Å². The van der Waals surface area contributed by atoms with Gasteiger partial charge in [0.15, 0.2) is 0 Å². The molecule has 0 radical (unpaired) electrons. The van der Waals surface area contributed by atoms with Crippen molar-refractivity contribution < 1.29 is 9.18 Å². The zero-order valence-electron chi connectivity index (χ0n) is 13.3. The maximum atomic E-state index is 13.3. The summed E-state index contributed by atoms with van der Waals surface area (Å²) in [7, 11) is 1.35. The van der Waals surface area contributed by atoms with E-state index < -0.39 is 22.8 Å². The molecule has 0 aliphatic carbocycles. The Hall–Kier alpha value is -2.96. The van der Waals surface area contributed by atoms with Crippen molar-refractivity contribution in [1.29, 1.82) is 0 Å². The van der Waals surface area contributed by atoms with Crippen molar-refractivity contribution in [3.8, 4) is 0 Å². The fourth-order valence-electron chi connectivity index (χ4n) is 2.72. The van der Waals surface area contributed by atoms with E-state index >= 15 is 0 Å². The number of allylic oxidation sites excluding steroid dienone is 1. The van der Waals surface area contributed by atoms with E-state index in [-0.39, 0.29) is 17.1 Å². The molecule has 0 amide bonds. The second-order valence-corrected chi connectivity index (χ2v) is 5.59. The van der Waals surface area contributed by atoms with Crippen molar-refractivity contribution in [2.75, 3.05) is 5.32 Å². The highest BCUT2D eigenvalue weighted by Crippen LogP contribution is 2.25. The molecule has 6 nitrogen and oxygen atoms in total. The van der Waals surface area contributed by atoms with Gasteiger partial charge < -0.3 is 5.32 Å². The summed E-state index contributed by atoms with van der Waals surface area (Å²) in [6.07, 6.45) is 2.13. The highest BCUT2D eigenvalue weighted by Gasteiger charge is 2.32. The number of benzene rings is 1. The number of fused-ring (bicyclic) bond motifs is 1. The lowest BCUT2D eigenvalue weighted by Crippen LogP contribution is -2.40. The molecule has 1 aromatic carbocycles. The quantitative estimate of drug-likeness (QED) is 0.871. The minimum atomic E-state index is -0.637. The van der Waals surface area contributed by atoms with Gasteiger partial charge in [-0.05, 0) is 30.2 Å². The first-order valence-electron chi connectivity index (χ1n) is 7.57. The van der Waals surface area contributed by atoms with E-state index in [1.165, 1.54) is 35.9 Å². The normalized spacial score (nSPS) is 14.8. The molecule has 0 saturated heterocycles. The number of ketones is 1. The van der Waals surface area contributed by atoms with Crippen LogP contribution in [0, 0.1) is 5.82 Å². The van der Waals surface area contributed by atoms with Gasteiger partial charge in [0.05, 0.1) is 5.70 Å². The Bertz CT molecular complexity index is 986. The molecule has 24 heavy (non-hydrogen) atoms. The molecule has 0 atom stereocenters. The van der Waals surface area contributed by atoms with Gasteiger partial charge in [-0.2, -0.15) is 0 Å². The SMILES string of the molecule is CCCn1c2c(c(=O)n(C)c1=O)C(=O)/C(=C/c1cccc(F)c1)N2. The van der Waals surface area contributed by atoms with Crippen molar-refractivity contribution in [3.63, 3.8) is 0 Å². The topological polar surface area (TPSA) is 73.1 Å². The van der Waals surface area contributed by atoms with E-state index in [1.807, 2.05) is 6.92 Å². The molecular formula is C17H16FN3O3. The summed E-state index contributed by atoms with van der Waals surface area (Å²) in [5.74, 6) is -0.719. The Morgan fingerprint density at radius 3 is 2.67 bits per heavy atom. The van der Waals surface area contributed by atoms with Gasteiger partial charge in [-0.3, -0.25) is 18.7 Å². The Morgan fingerprint density at radius 2 is 2.00 bits per heavy atom. The monoisotopic (exact) mass is 329 g/mol. The Labute approximate surface area is 136 Å². The van der Waals surface area contributed by atoms with Crippen molar-refractivity contribution in [2.45, 2.75) is 19.9 Å². The van der Waals surface area contributed by atoms with E-state index in [2.05, 4.69) is 5.32 Å². The Balaban J connectivity index is 2.17. The number of carbonyl (C=O) groups is 1. The highest BCUT2D eigenvalue weighted by atomic mass is 19.1. The van der Waals surface area contributed by atoms with Gasteiger partial charge in [0, 0.05) is 13.6 Å². The van der Waals surface area contributed by atoms with E-state index in [1.54, 1.807) is 6.07 Å². The second kappa shape index (κ2) is 5.92. The fourth-order valence-corrected chi connectivity index (χ4v) is 2.72. The predicted molar refractivity (Wildman–Crippen MR) is 88.6 cm³/mol. The summed E-state index contributed by atoms with van der Waals surface area (Å²) < 4.78 is 15.6. The third-order valence-corrected chi connectivity index (χ3v) is 3.87. The zero-order chi connectivity index (χ0) is 17.4. The molecular weight excluding hydrogens is 313 g/mol. The van der Waals surface area contributed by atoms with Gasteiger partial charge in [0.1, 0.15) is 17.2 Å². The van der Waals surface area contributed by atoms with Crippen LogP contribution in [0.3, 0.4) is 0 Å². The number of hydrogen-bond donors (Lipinski definition) is 1. The number of nitrogens with zero attached hydrogens (tertiary/aromatic N) is 2. The minimum absolute atomic E-state index is 0.0618. The highest BCUT2D eigenvalue weighted by molar-refractivity contribution is 6.19. The molecule has 1 N–H and O–H groups in total. The third-order valence-electron chi connectivity index (χ3n) is 3.87. The molecule has 1 aliphatic rings. The number of nitrogens with one attached hydrogen (secondary N) is 1.